The van der Waals surface area contributed by atoms with Crippen LogP contribution in [0.5, 0.6) is 0 Å². The van der Waals surface area contributed by atoms with Crippen LogP contribution in [-0.2, 0) is 16.6 Å². The lowest BCUT2D eigenvalue weighted by molar-refractivity contribution is 0.512. The van der Waals surface area contributed by atoms with E-state index >= 15 is 0 Å². The third kappa shape index (κ3) is 3.19. The first-order chi connectivity index (χ1) is 11.9. The van der Waals surface area contributed by atoms with Crippen molar-refractivity contribution in [3.8, 4) is 0 Å². The van der Waals surface area contributed by atoms with Crippen molar-refractivity contribution in [3.63, 3.8) is 0 Å². The molecule has 0 spiro atoms. The Morgan fingerprint density at radius 3 is 2.64 bits per heavy atom. The molecule has 0 fully saturated rings. The summed E-state index contributed by atoms with van der Waals surface area (Å²) in [5.41, 5.74) is 1.91. The van der Waals surface area contributed by atoms with E-state index < -0.39 is 15.8 Å². The average molecular weight is 378 g/mol. The normalized spacial score (nSPS) is 11.8. The van der Waals surface area contributed by atoms with Gasteiger partial charge in [-0.3, -0.25) is 9.29 Å². The Balaban J connectivity index is 2.11. The molecule has 1 heterocycles. The highest BCUT2D eigenvalue weighted by Gasteiger charge is 2.21. The van der Waals surface area contributed by atoms with Crippen LogP contribution < -0.4 is 10.5 Å². The Kier molecular flexibility index (Phi) is 4.66. The number of nitrogens with zero attached hydrogens (tertiary/aromatic N) is 1. The van der Waals surface area contributed by atoms with Crippen molar-refractivity contribution in [2.75, 3.05) is 11.0 Å². The molecule has 3 aromatic rings. The molecular weight excluding hydrogens is 360 g/mol. The Morgan fingerprint density at radius 1 is 1.24 bits per heavy atom. The molecule has 1 N–H and O–H groups in total. The molecule has 0 aliphatic carbocycles. The molecule has 8 heteroatoms. The van der Waals surface area contributed by atoms with E-state index in [9.17, 15) is 13.2 Å². The lowest BCUT2D eigenvalue weighted by Gasteiger charge is -2.13. The van der Waals surface area contributed by atoms with Crippen molar-refractivity contribution in [1.29, 1.82) is 0 Å². The predicted molar refractivity (Wildman–Crippen MR) is 99.9 cm³/mol. The molecule has 0 radical (unpaired) electrons. The van der Waals surface area contributed by atoms with Crippen molar-refractivity contribution < 1.29 is 12.8 Å². The monoisotopic (exact) mass is 378 g/mol. The minimum absolute atomic E-state index is 0.0907. The summed E-state index contributed by atoms with van der Waals surface area (Å²) < 4.78 is 35.0. The minimum atomic E-state index is -3.81. The maximum atomic E-state index is 12.8. The highest BCUT2D eigenvalue weighted by atomic mass is 32.2. The standard InChI is InChI=1S/C17H18N2O4S2/c1-4-19-13-9-11(2)16(10-14(13)23-17(19)20)25(21,22)18-12-7-5-6-8-15(12)24-3/h5-10,18H,4H2,1-3H3. The third-order valence-corrected chi connectivity index (χ3v) is 6.23. The quantitative estimate of drug-likeness (QED) is 0.688. The van der Waals surface area contributed by atoms with E-state index in [4.69, 9.17) is 4.42 Å². The Morgan fingerprint density at radius 2 is 1.96 bits per heavy atom. The van der Waals surface area contributed by atoms with Crippen LogP contribution >= 0.6 is 11.8 Å². The van der Waals surface area contributed by atoms with Gasteiger partial charge in [0.05, 0.1) is 16.1 Å². The van der Waals surface area contributed by atoms with Crippen LogP contribution in [0.15, 0.2) is 55.4 Å². The number of nitrogens with one attached hydrogen (secondary N) is 1. The summed E-state index contributed by atoms with van der Waals surface area (Å²) in [6.07, 6.45) is 1.88. The van der Waals surface area contributed by atoms with Gasteiger partial charge in [-0.25, -0.2) is 13.2 Å². The molecule has 0 bridgehead atoms. The summed E-state index contributed by atoms with van der Waals surface area (Å²) in [6, 6.07) is 10.3. The smallest absolute Gasteiger partial charge is 0.408 e. The second-order valence-electron chi connectivity index (χ2n) is 5.50. The maximum Gasteiger partial charge on any atom is 0.419 e. The number of fused-ring (bicyclic) bond motifs is 1. The molecule has 132 valence electrons. The molecule has 0 aliphatic heterocycles. The number of benzene rings is 2. The van der Waals surface area contributed by atoms with Gasteiger partial charge in [0, 0.05) is 17.5 Å². The first-order valence-electron chi connectivity index (χ1n) is 7.67. The summed E-state index contributed by atoms with van der Waals surface area (Å²) >= 11 is 1.46. The van der Waals surface area contributed by atoms with E-state index in [2.05, 4.69) is 4.72 Å². The zero-order chi connectivity index (χ0) is 18.2. The van der Waals surface area contributed by atoms with Gasteiger partial charge in [-0.05, 0) is 43.9 Å². The third-order valence-electron chi connectivity index (χ3n) is 3.92. The fraction of sp³-hybridized carbons (Fsp3) is 0.235. The van der Waals surface area contributed by atoms with Crippen molar-refractivity contribution >= 4 is 38.6 Å². The van der Waals surface area contributed by atoms with E-state index in [1.54, 1.807) is 25.1 Å². The van der Waals surface area contributed by atoms with E-state index in [0.29, 0.717) is 23.3 Å². The fourth-order valence-electron chi connectivity index (χ4n) is 2.71. The summed E-state index contributed by atoms with van der Waals surface area (Å²) in [5.74, 6) is -0.493. The van der Waals surface area contributed by atoms with Crippen LogP contribution in [0, 0.1) is 6.92 Å². The number of aromatic nitrogens is 1. The fourth-order valence-corrected chi connectivity index (χ4v) is 4.65. The van der Waals surface area contributed by atoms with Crippen molar-refractivity contribution in [2.45, 2.75) is 30.2 Å². The van der Waals surface area contributed by atoms with Crippen molar-refractivity contribution in [1.82, 2.24) is 4.57 Å². The first kappa shape index (κ1) is 17.6. The van der Waals surface area contributed by atoms with Gasteiger partial charge in [-0.15, -0.1) is 11.8 Å². The van der Waals surface area contributed by atoms with Crippen LogP contribution in [0.4, 0.5) is 5.69 Å². The number of hydrogen-bond acceptors (Lipinski definition) is 5. The number of oxazole rings is 1. The first-order valence-corrected chi connectivity index (χ1v) is 10.4. The SMILES string of the molecule is CCn1c(=O)oc2cc(S(=O)(=O)Nc3ccccc3SC)c(C)cc21. The van der Waals surface area contributed by atoms with Crippen molar-refractivity contribution in [3.05, 3.63) is 52.5 Å². The van der Waals surface area contributed by atoms with Gasteiger partial charge in [-0.2, -0.15) is 0 Å². The second kappa shape index (κ2) is 6.61. The molecular formula is C17H18N2O4S2. The topological polar surface area (TPSA) is 81.3 Å². The van der Waals surface area contributed by atoms with Crippen LogP contribution in [0.2, 0.25) is 0 Å². The van der Waals surface area contributed by atoms with Gasteiger partial charge in [0.2, 0.25) is 0 Å². The molecule has 3 rings (SSSR count). The van der Waals surface area contributed by atoms with Crippen molar-refractivity contribution in [2.24, 2.45) is 0 Å². The lowest BCUT2D eigenvalue weighted by atomic mass is 10.2. The summed E-state index contributed by atoms with van der Waals surface area (Å²) in [6.45, 7) is 3.99. The second-order valence-corrected chi connectivity index (χ2v) is 8.00. The van der Waals surface area contributed by atoms with Gasteiger partial charge in [-0.1, -0.05) is 12.1 Å². The molecule has 2 aromatic carbocycles. The minimum Gasteiger partial charge on any atom is -0.408 e. The molecule has 0 saturated heterocycles. The average Bonchev–Trinajstić information content (AvgIpc) is 2.88. The van der Waals surface area contributed by atoms with Crippen LogP contribution in [0.3, 0.4) is 0 Å². The molecule has 25 heavy (non-hydrogen) atoms. The number of anilines is 1. The highest BCUT2D eigenvalue weighted by Crippen LogP contribution is 2.29. The zero-order valence-electron chi connectivity index (χ0n) is 14.1. The molecule has 0 aliphatic rings. The summed E-state index contributed by atoms with van der Waals surface area (Å²) in [7, 11) is -3.81. The largest absolute Gasteiger partial charge is 0.419 e. The predicted octanol–water partition coefficient (Wildman–Crippen LogP) is 3.45. The van der Waals surface area contributed by atoms with E-state index in [-0.39, 0.29) is 10.5 Å². The summed E-state index contributed by atoms with van der Waals surface area (Å²) in [4.78, 5) is 12.8. The summed E-state index contributed by atoms with van der Waals surface area (Å²) in [5, 5.41) is 0. The number of aryl methyl sites for hydroxylation is 2. The molecule has 0 saturated carbocycles. The van der Waals surface area contributed by atoms with Gasteiger partial charge < -0.3 is 4.42 Å². The number of para-hydroxylation sites is 1. The van der Waals surface area contributed by atoms with Crippen LogP contribution in [0.1, 0.15) is 12.5 Å². The molecule has 0 atom stereocenters. The number of hydrogen-bond donors (Lipinski definition) is 1. The number of thioether (sulfide) groups is 1. The Labute approximate surface area is 149 Å². The Bertz CT molecular complexity index is 1100. The van der Waals surface area contributed by atoms with Gasteiger partial charge in [0.15, 0.2) is 5.58 Å². The van der Waals surface area contributed by atoms with Crippen LogP contribution in [-0.4, -0.2) is 19.2 Å². The van der Waals surface area contributed by atoms with Crippen LogP contribution in [0.25, 0.3) is 11.1 Å². The molecule has 0 unspecified atom stereocenters. The zero-order valence-corrected chi connectivity index (χ0v) is 15.7. The maximum absolute atomic E-state index is 12.8. The van der Waals surface area contributed by atoms with Gasteiger partial charge >= 0.3 is 5.76 Å². The molecule has 0 amide bonds. The Hall–Kier alpha value is -2.19. The molecule has 6 nitrogen and oxygen atoms in total. The molecule has 1 aromatic heterocycles. The number of sulfonamides is 1. The van der Waals surface area contributed by atoms with Gasteiger partial charge in [0.25, 0.3) is 10.0 Å². The van der Waals surface area contributed by atoms with E-state index in [1.165, 1.54) is 22.4 Å². The van der Waals surface area contributed by atoms with Gasteiger partial charge in [0.1, 0.15) is 0 Å². The van der Waals surface area contributed by atoms with E-state index in [0.717, 1.165) is 4.90 Å². The highest BCUT2D eigenvalue weighted by molar-refractivity contribution is 7.99. The number of rotatable bonds is 5. The van der Waals surface area contributed by atoms with E-state index in [1.807, 2.05) is 25.3 Å². The lowest BCUT2D eigenvalue weighted by Crippen LogP contribution is -2.15.